The fraction of sp³-hybridized carbons (Fsp3) is 0.818. The molecular formula is C11H20N2O4S. The lowest BCUT2D eigenvalue weighted by Crippen LogP contribution is -2.45. The molecular weight excluding hydrogens is 256 g/mol. The molecule has 0 aromatic heterocycles. The molecule has 104 valence electrons. The Balaban J connectivity index is 2.19. The molecule has 0 unspecified atom stereocenters. The highest BCUT2D eigenvalue weighted by atomic mass is 32.2. The predicted molar refractivity (Wildman–Crippen MR) is 69.8 cm³/mol. The molecule has 0 radical (unpaired) electrons. The van der Waals surface area contributed by atoms with Gasteiger partial charge in [0, 0.05) is 31.3 Å². The number of carboxylic acids is 1. The quantitative estimate of drug-likeness (QED) is 0.674. The maximum atomic E-state index is 11.7. The Bertz CT molecular complexity index is 293. The van der Waals surface area contributed by atoms with Crippen molar-refractivity contribution in [2.75, 3.05) is 25.9 Å². The molecule has 0 aromatic carbocycles. The SMILES string of the molecule is CSC1CCN(C(=O)NCC[C@H](O)C(=O)O)CC1. The molecule has 1 atom stereocenters. The van der Waals surface area contributed by atoms with Crippen LogP contribution in [-0.2, 0) is 4.79 Å². The van der Waals surface area contributed by atoms with Crippen molar-refractivity contribution in [1.29, 1.82) is 0 Å². The Morgan fingerprint density at radius 1 is 1.44 bits per heavy atom. The fourth-order valence-electron chi connectivity index (χ4n) is 1.85. The summed E-state index contributed by atoms with van der Waals surface area (Å²) in [4.78, 5) is 23.8. The van der Waals surface area contributed by atoms with Crippen LogP contribution in [0.3, 0.4) is 0 Å². The lowest BCUT2D eigenvalue weighted by molar-refractivity contribution is -0.146. The Morgan fingerprint density at radius 3 is 2.56 bits per heavy atom. The second kappa shape index (κ2) is 7.48. The zero-order chi connectivity index (χ0) is 13.5. The van der Waals surface area contributed by atoms with Crippen LogP contribution >= 0.6 is 11.8 Å². The maximum Gasteiger partial charge on any atom is 0.332 e. The summed E-state index contributed by atoms with van der Waals surface area (Å²) >= 11 is 1.83. The number of carbonyl (C=O) groups is 2. The van der Waals surface area contributed by atoms with E-state index in [0.717, 1.165) is 25.9 Å². The Kier molecular flexibility index (Phi) is 6.28. The van der Waals surface area contributed by atoms with Gasteiger partial charge in [-0.3, -0.25) is 0 Å². The molecule has 1 aliphatic rings. The third kappa shape index (κ3) is 4.73. The molecule has 3 N–H and O–H groups in total. The van der Waals surface area contributed by atoms with E-state index in [-0.39, 0.29) is 19.0 Å². The number of carboxylic acid groups (broad SMARTS) is 1. The first-order chi connectivity index (χ1) is 8.54. The van der Waals surface area contributed by atoms with Gasteiger partial charge in [0.2, 0.25) is 0 Å². The number of urea groups is 1. The standard InChI is InChI=1S/C11H20N2O4S/c1-18-8-3-6-13(7-4-8)11(17)12-5-2-9(14)10(15)16/h8-9,14H,2-7H2,1H3,(H,12,17)(H,15,16)/t9-/m0/s1. The molecule has 2 amide bonds. The Labute approximate surface area is 111 Å². The first-order valence-electron chi connectivity index (χ1n) is 6.01. The van der Waals surface area contributed by atoms with E-state index in [0.29, 0.717) is 5.25 Å². The van der Waals surface area contributed by atoms with Gasteiger partial charge in [0.05, 0.1) is 0 Å². The number of rotatable bonds is 5. The molecule has 0 spiro atoms. The molecule has 0 bridgehead atoms. The monoisotopic (exact) mass is 276 g/mol. The first kappa shape index (κ1) is 15.1. The molecule has 1 saturated heterocycles. The summed E-state index contributed by atoms with van der Waals surface area (Å²) in [5.41, 5.74) is 0. The van der Waals surface area contributed by atoms with Gasteiger partial charge in [0.25, 0.3) is 0 Å². The zero-order valence-corrected chi connectivity index (χ0v) is 11.3. The molecule has 1 aliphatic heterocycles. The largest absolute Gasteiger partial charge is 0.479 e. The minimum atomic E-state index is -1.41. The van der Waals surface area contributed by atoms with Crippen molar-refractivity contribution in [1.82, 2.24) is 10.2 Å². The van der Waals surface area contributed by atoms with Crippen molar-refractivity contribution >= 4 is 23.8 Å². The van der Waals surface area contributed by atoms with Crippen LogP contribution in [0.5, 0.6) is 0 Å². The molecule has 18 heavy (non-hydrogen) atoms. The average Bonchev–Trinajstić information content (AvgIpc) is 2.38. The first-order valence-corrected chi connectivity index (χ1v) is 7.29. The van der Waals surface area contributed by atoms with E-state index in [2.05, 4.69) is 11.6 Å². The summed E-state index contributed by atoms with van der Waals surface area (Å²) in [6.45, 7) is 1.65. The topological polar surface area (TPSA) is 89.9 Å². The lowest BCUT2D eigenvalue weighted by atomic mass is 10.1. The number of thioether (sulfide) groups is 1. The number of aliphatic hydroxyl groups is 1. The van der Waals surface area contributed by atoms with Gasteiger partial charge in [-0.1, -0.05) is 0 Å². The smallest absolute Gasteiger partial charge is 0.332 e. The van der Waals surface area contributed by atoms with E-state index in [1.807, 2.05) is 11.8 Å². The highest BCUT2D eigenvalue weighted by molar-refractivity contribution is 7.99. The number of aliphatic carboxylic acids is 1. The number of aliphatic hydroxyl groups excluding tert-OH is 1. The Hall–Kier alpha value is -0.950. The van der Waals surface area contributed by atoms with Gasteiger partial charge in [0.1, 0.15) is 0 Å². The predicted octanol–water partition coefficient (Wildman–Crippen LogP) is 0.359. The van der Waals surface area contributed by atoms with Crippen molar-refractivity contribution in [2.45, 2.75) is 30.6 Å². The van der Waals surface area contributed by atoms with Crippen LogP contribution in [0.1, 0.15) is 19.3 Å². The van der Waals surface area contributed by atoms with Gasteiger partial charge in [0.15, 0.2) is 6.10 Å². The van der Waals surface area contributed by atoms with E-state index in [1.54, 1.807) is 4.90 Å². The van der Waals surface area contributed by atoms with E-state index in [1.165, 1.54) is 0 Å². The van der Waals surface area contributed by atoms with Crippen LogP contribution in [0.25, 0.3) is 0 Å². The zero-order valence-electron chi connectivity index (χ0n) is 10.5. The van der Waals surface area contributed by atoms with E-state index < -0.39 is 12.1 Å². The average molecular weight is 276 g/mol. The van der Waals surface area contributed by atoms with Crippen LogP contribution in [0.2, 0.25) is 0 Å². The van der Waals surface area contributed by atoms with Crippen LogP contribution in [0.4, 0.5) is 4.79 Å². The summed E-state index contributed by atoms with van der Waals surface area (Å²) in [7, 11) is 0. The van der Waals surface area contributed by atoms with Crippen LogP contribution in [0, 0.1) is 0 Å². The van der Waals surface area contributed by atoms with Crippen LogP contribution < -0.4 is 5.32 Å². The second-order valence-corrected chi connectivity index (χ2v) is 5.43. The third-order valence-electron chi connectivity index (χ3n) is 3.04. The molecule has 0 saturated carbocycles. The summed E-state index contributed by atoms with van der Waals surface area (Å²) in [6.07, 6.45) is 2.68. The van der Waals surface area contributed by atoms with Crippen molar-refractivity contribution in [2.24, 2.45) is 0 Å². The van der Waals surface area contributed by atoms with E-state index in [4.69, 9.17) is 10.2 Å². The minimum Gasteiger partial charge on any atom is -0.479 e. The minimum absolute atomic E-state index is 0.0301. The van der Waals surface area contributed by atoms with Gasteiger partial charge in [-0.15, -0.1) is 0 Å². The van der Waals surface area contributed by atoms with E-state index >= 15 is 0 Å². The van der Waals surface area contributed by atoms with Gasteiger partial charge in [-0.05, 0) is 19.1 Å². The van der Waals surface area contributed by atoms with E-state index in [9.17, 15) is 9.59 Å². The number of nitrogens with one attached hydrogen (secondary N) is 1. The summed E-state index contributed by atoms with van der Waals surface area (Å²) in [5, 5.41) is 20.8. The van der Waals surface area contributed by atoms with Crippen molar-refractivity contribution in [3.63, 3.8) is 0 Å². The summed E-state index contributed by atoms with van der Waals surface area (Å²) in [6, 6.07) is -0.174. The number of piperidine rings is 1. The molecule has 0 aromatic rings. The Morgan fingerprint density at radius 2 is 2.06 bits per heavy atom. The van der Waals surface area contributed by atoms with Crippen LogP contribution in [0.15, 0.2) is 0 Å². The summed E-state index contributed by atoms with van der Waals surface area (Å²) in [5.74, 6) is -1.26. The molecule has 7 heteroatoms. The molecule has 0 aliphatic carbocycles. The maximum absolute atomic E-state index is 11.7. The number of hydrogen-bond donors (Lipinski definition) is 3. The fourth-order valence-corrected chi connectivity index (χ4v) is 2.53. The highest BCUT2D eigenvalue weighted by Gasteiger charge is 2.22. The number of nitrogens with zero attached hydrogens (tertiary/aromatic N) is 1. The molecule has 1 heterocycles. The number of likely N-dealkylation sites (tertiary alicyclic amines) is 1. The van der Waals surface area contributed by atoms with Crippen molar-refractivity contribution in [3.05, 3.63) is 0 Å². The third-order valence-corrected chi connectivity index (χ3v) is 4.18. The van der Waals surface area contributed by atoms with Crippen molar-refractivity contribution in [3.8, 4) is 0 Å². The molecule has 1 rings (SSSR count). The molecule has 1 fully saturated rings. The normalized spacial score (nSPS) is 18.4. The van der Waals surface area contributed by atoms with Gasteiger partial charge >= 0.3 is 12.0 Å². The summed E-state index contributed by atoms with van der Waals surface area (Å²) < 4.78 is 0. The van der Waals surface area contributed by atoms with Crippen LogP contribution in [-0.4, -0.2) is 64.4 Å². The number of carbonyl (C=O) groups excluding carboxylic acids is 1. The van der Waals surface area contributed by atoms with Gasteiger partial charge in [-0.25, -0.2) is 9.59 Å². The van der Waals surface area contributed by atoms with Gasteiger partial charge < -0.3 is 20.4 Å². The number of hydrogen-bond acceptors (Lipinski definition) is 4. The second-order valence-electron chi connectivity index (χ2n) is 4.30. The lowest BCUT2D eigenvalue weighted by Gasteiger charge is -2.31. The molecule has 6 nitrogen and oxygen atoms in total. The number of amides is 2. The van der Waals surface area contributed by atoms with Crippen molar-refractivity contribution < 1.29 is 19.8 Å². The highest BCUT2D eigenvalue weighted by Crippen LogP contribution is 2.20. The van der Waals surface area contributed by atoms with Gasteiger partial charge in [-0.2, -0.15) is 11.8 Å².